The number of nitrogens with zero attached hydrogens (tertiary/aromatic N) is 1. The summed E-state index contributed by atoms with van der Waals surface area (Å²) in [4.78, 5) is 28.8. The van der Waals surface area contributed by atoms with Gasteiger partial charge in [0.1, 0.15) is 11.5 Å². The number of fused-ring (bicyclic) bond motifs is 1. The Kier molecular flexibility index (Phi) is 5.77. The van der Waals surface area contributed by atoms with Gasteiger partial charge in [-0.1, -0.05) is 30.3 Å². The van der Waals surface area contributed by atoms with Crippen LogP contribution in [0.25, 0.3) is 5.76 Å². The van der Waals surface area contributed by atoms with E-state index in [0.717, 1.165) is 29.7 Å². The summed E-state index contributed by atoms with van der Waals surface area (Å²) in [5, 5.41) is 13.2. The van der Waals surface area contributed by atoms with Crippen LogP contribution in [0.5, 0.6) is 5.75 Å². The van der Waals surface area contributed by atoms with Gasteiger partial charge in [0.2, 0.25) is 0 Å². The largest absolute Gasteiger partial charge is 0.507 e. The standard InChI is InChI=1S/C27H25NO4S/c1-32-21-9-4-6-17(14-21)16-28-24(22-10-5-13-33-22)23(26(30)27(28)31)25(29)20-12-11-18-7-2-3-8-19(18)15-20/h4-6,9-15,24,29H,2-3,7-8,16H2,1H3/b25-23-. The molecule has 1 N–H and O–H groups in total. The topological polar surface area (TPSA) is 66.8 Å². The van der Waals surface area contributed by atoms with E-state index in [0.29, 0.717) is 11.3 Å². The van der Waals surface area contributed by atoms with Crippen molar-refractivity contribution in [1.29, 1.82) is 0 Å². The van der Waals surface area contributed by atoms with Gasteiger partial charge >= 0.3 is 0 Å². The first kappa shape index (κ1) is 21.5. The minimum absolute atomic E-state index is 0.103. The Morgan fingerprint density at radius 1 is 1.06 bits per heavy atom. The zero-order valence-electron chi connectivity index (χ0n) is 18.4. The maximum absolute atomic E-state index is 13.2. The zero-order chi connectivity index (χ0) is 22.9. The second kappa shape index (κ2) is 8.87. The molecular formula is C27H25NO4S. The third-order valence-electron chi connectivity index (χ3n) is 6.46. The fraction of sp³-hybridized carbons (Fsp3) is 0.259. The summed E-state index contributed by atoms with van der Waals surface area (Å²) in [6.45, 7) is 0.241. The number of thiophene rings is 1. The van der Waals surface area contributed by atoms with E-state index in [-0.39, 0.29) is 17.9 Å². The monoisotopic (exact) mass is 459 g/mol. The SMILES string of the molecule is COc1cccc(CN2C(=O)C(=O)/C(=C(\O)c3ccc4c(c3)CCCC4)C2c2cccs2)c1. The van der Waals surface area contributed by atoms with Crippen LogP contribution in [0.2, 0.25) is 0 Å². The Hall–Kier alpha value is -3.38. The van der Waals surface area contributed by atoms with Gasteiger partial charge in [-0.05, 0) is 72.0 Å². The highest BCUT2D eigenvalue weighted by Crippen LogP contribution is 2.42. The third kappa shape index (κ3) is 3.95. The Balaban J connectivity index is 1.59. The van der Waals surface area contributed by atoms with E-state index < -0.39 is 17.7 Å². The van der Waals surface area contributed by atoms with Gasteiger partial charge < -0.3 is 14.7 Å². The van der Waals surface area contributed by atoms with E-state index in [2.05, 4.69) is 0 Å². The lowest BCUT2D eigenvalue weighted by Crippen LogP contribution is -2.28. The highest BCUT2D eigenvalue weighted by Gasteiger charge is 2.46. The van der Waals surface area contributed by atoms with E-state index in [4.69, 9.17) is 4.74 Å². The van der Waals surface area contributed by atoms with Crippen molar-refractivity contribution < 1.29 is 19.4 Å². The Bertz CT molecular complexity index is 1240. The number of aryl methyl sites for hydroxylation is 2. The van der Waals surface area contributed by atoms with Crippen LogP contribution < -0.4 is 4.74 Å². The summed E-state index contributed by atoms with van der Waals surface area (Å²) in [5.74, 6) is -0.665. The molecule has 33 heavy (non-hydrogen) atoms. The van der Waals surface area contributed by atoms with Crippen LogP contribution in [-0.4, -0.2) is 28.8 Å². The normalized spacial score (nSPS) is 19.5. The smallest absolute Gasteiger partial charge is 0.295 e. The molecule has 0 bridgehead atoms. The summed E-state index contributed by atoms with van der Waals surface area (Å²) < 4.78 is 5.31. The van der Waals surface area contributed by atoms with Gasteiger partial charge in [0.15, 0.2) is 0 Å². The quantitative estimate of drug-likeness (QED) is 0.321. The van der Waals surface area contributed by atoms with E-state index in [1.807, 2.05) is 60.0 Å². The van der Waals surface area contributed by atoms with E-state index in [9.17, 15) is 14.7 Å². The molecule has 2 heterocycles. The number of carbonyl (C=O) groups is 2. The van der Waals surface area contributed by atoms with E-state index in [1.165, 1.54) is 28.9 Å². The van der Waals surface area contributed by atoms with E-state index >= 15 is 0 Å². The number of ether oxygens (including phenoxy) is 1. The van der Waals surface area contributed by atoms with Crippen LogP contribution >= 0.6 is 11.3 Å². The van der Waals surface area contributed by atoms with Crippen molar-refractivity contribution in [3.8, 4) is 5.75 Å². The molecule has 3 aromatic rings. The fourth-order valence-electron chi connectivity index (χ4n) is 4.79. The molecule has 1 amide bonds. The molecule has 5 nitrogen and oxygen atoms in total. The molecule has 0 spiro atoms. The van der Waals surface area contributed by atoms with Gasteiger partial charge in [0, 0.05) is 17.0 Å². The molecule has 168 valence electrons. The maximum atomic E-state index is 13.2. The van der Waals surface area contributed by atoms with Crippen molar-refractivity contribution in [1.82, 2.24) is 4.90 Å². The molecule has 6 heteroatoms. The molecular weight excluding hydrogens is 434 g/mol. The van der Waals surface area contributed by atoms with Crippen molar-refractivity contribution in [3.63, 3.8) is 0 Å². The second-order valence-corrected chi connectivity index (χ2v) is 9.46. The molecule has 1 saturated heterocycles. The molecule has 1 aliphatic heterocycles. The lowest BCUT2D eigenvalue weighted by Gasteiger charge is -2.24. The average Bonchev–Trinajstić information content (AvgIpc) is 3.46. The van der Waals surface area contributed by atoms with Crippen molar-refractivity contribution in [2.45, 2.75) is 38.3 Å². The summed E-state index contributed by atoms with van der Waals surface area (Å²) in [6, 6.07) is 16.5. The summed E-state index contributed by atoms with van der Waals surface area (Å²) in [6.07, 6.45) is 4.30. The highest BCUT2D eigenvalue weighted by molar-refractivity contribution is 7.10. The minimum Gasteiger partial charge on any atom is -0.507 e. The number of aliphatic hydroxyl groups is 1. The maximum Gasteiger partial charge on any atom is 0.295 e. The van der Waals surface area contributed by atoms with Crippen molar-refractivity contribution >= 4 is 28.8 Å². The van der Waals surface area contributed by atoms with Crippen LogP contribution in [0.4, 0.5) is 0 Å². The lowest BCUT2D eigenvalue weighted by atomic mass is 9.89. The number of amides is 1. The number of carbonyl (C=O) groups excluding carboxylic acids is 2. The summed E-state index contributed by atoms with van der Waals surface area (Å²) in [7, 11) is 1.59. The number of likely N-dealkylation sites (tertiary alicyclic amines) is 1. The van der Waals surface area contributed by atoms with Gasteiger partial charge in [0.05, 0.1) is 18.7 Å². The number of Topliss-reactive ketones (excluding diaryl/α,β-unsaturated/α-hetero) is 1. The number of ketones is 1. The Morgan fingerprint density at radius 2 is 1.88 bits per heavy atom. The van der Waals surface area contributed by atoms with Crippen LogP contribution in [0.15, 0.2) is 65.6 Å². The van der Waals surface area contributed by atoms with Gasteiger partial charge in [0.25, 0.3) is 11.7 Å². The number of aliphatic hydroxyl groups excluding tert-OH is 1. The highest BCUT2D eigenvalue weighted by atomic mass is 32.1. The molecule has 0 saturated carbocycles. The summed E-state index contributed by atoms with van der Waals surface area (Å²) in [5.41, 5.74) is 4.11. The number of benzene rings is 2. The molecule has 1 atom stereocenters. The van der Waals surface area contributed by atoms with E-state index in [1.54, 1.807) is 12.0 Å². The van der Waals surface area contributed by atoms with Gasteiger partial charge in [-0.3, -0.25) is 9.59 Å². The minimum atomic E-state index is -0.647. The van der Waals surface area contributed by atoms with Gasteiger partial charge in [-0.25, -0.2) is 0 Å². The molecule has 1 fully saturated rings. The van der Waals surface area contributed by atoms with Crippen LogP contribution in [0.3, 0.4) is 0 Å². The molecule has 2 aliphatic rings. The zero-order valence-corrected chi connectivity index (χ0v) is 19.2. The molecule has 0 radical (unpaired) electrons. The number of rotatable bonds is 5. The molecule has 2 aromatic carbocycles. The Labute approximate surface area is 196 Å². The van der Waals surface area contributed by atoms with Crippen LogP contribution in [-0.2, 0) is 29.0 Å². The van der Waals surface area contributed by atoms with Crippen molar-refractivity contribution in [2.24, 2.45) is 0 Å². The predicted octanol–water partition coefficient (Wildman–Crippen LogP) is 5.26. The number of hydrogen-bond donors (Lipinski definition) is 1. The fourth-order valence-corrected chi connectivity index (χ4v) is 5.63. The van der Waals surface area contributed by atoms with Gasteiger partial charge in [-0.2, -0.15) is 0 Å². The van der Waals surface area contributed by atoms with Crippen LogP contribution in [0, 0.1) is 0 Å². The number of hydrogen-bond acceptors (Lipinski definition) is 5. The van der Waals surface area contributed by atoms with Crippen molar-refractivity contribution in [3.05, 3.63) is 92.7 Å². The first-order valence-corrected chi connectivity index (χ1v) is 12.0. The Morgan fingerprint density at radius 3 is 2.64 bits per heavy atom. The average molecular weight is 460 g/mol. The predicted molar refractivity (Wildman–Crippen MR) is 128 cm³/mol. The molecule has 1 aliphatic carbocycles. The molecule has 5 rings (SSSR count). The third-order valence-corrected chi connectivity index (χ3v) is 7.39. The van der Waals surface area contributed by atoms with Crippen molar-refractivity contribution in [2.75, 3.05) is 7.11 Å². The lowest BCUT2D eigenvalue weighted by molar-refractivity contribution is -0.140. The second-order valence-electron chi connectivity index (χ2n) is 8.48. The first-order chi connectivity index (χ1) is 16.1. The number of methoxy groups -OCH3 is 1. The van der Waals surface area contributed by atoms with Gasteiger partial charge in [-0.15, -0.1) is 11.3 Å². The summed E-state index contributed by atoms with van der Waals surface area (Å²) >= 11 is 1.47. The molecule has 1 unspecified atom stereocenters. The van der Waals surface area contributed by atoms with Crippen LogP contribution in [0.1, 0.15) is 46.0 Å². The molecule has 1 aromatic heterocycles. The first-order valence-electron chi connectivity index (χ1n) is 11.1.